The van der Waals surface area contributed by atoms with Gasteiger partial charge in [0.15, 0.2) is 0 Å². The summed E-state index contributed by atoms with van der Waals surface area (Å²) in [7, 11) is 0. The minimum absolute atomic E-state index is 0.0284. The number of amides is 1. The van der Waals surface area contributed by atoms with Gasteiger partial charge >= 0.3 is 12.3 Å². The molecule has 0 saturated carbocycles. The van der Waals surface area contributed by atoms with Gasteiger partial charge in [-0.3, -0.25) is 19.6 Å². The largest absolute Gasteiger partial charge is 0.433 e. The van der Waals surface area contributed by atoms with Crippen molar-refractivity contribution in [2.45, 2.75) is 27.0 Å². The number of aromatic nitrogens is 2. The van der Waals surface area contributed by atoms with E-state index < -0.39 is 17.4 Å². The molecule has 0 fully saturated rings. The third-order valence-corrected chi connectivity index (χ3v) is 5.41. The summed E-state index contributed by atoms with van der Waals surface area (Å²) in [4.78, 5) is 23.5. The molecule has 30 heavy (non-hydrogen) atoms. The highest BCUT2D eigenvalue weighted by atomic mass is 35.5. The maximum Gasteiger partial charge on any atom is 0.387 e. The topological polar surface area (TPSA) is 99.3 Å². The molecule has 1 aromatic carbocycles. The fourth-order valence-electron chi connectivity index (χ4n) is 2.82. The number of rotatable bonds is 7. The van der Waals surface area contributed by atoms with Crippen LogP contribution in [0.4, 0.5) is 20.2 Å². The van der Waals surface area contributed by atoms with Crippen LogP contribution in [0.5, 0.6) is 5.75 Å². The first-order chi connectivity index (χ1) is 14.2. The summed E-state index contributed by atoms with van der Waals surface area (Å²) in [5.41, 5.74) is 1.79. The number of anilines is 1. The Hall–Kier alpha value is -3.05. The number of aryl methyl sites for hydroxylation is 1. The van der Waals surface area contributed by atoms with Crippen molar-refractivity contribution in [1.29, 1.82) is 0 Å². The Labute approximate surface area is 178 Å². The van der Waals surface area contributed by atoms with E-state index in [0.29, 0.717) is 22.0 Å². The highest BCUT2D eigenvalue weighted by molar-refractivity contribution is 7.12. The fourth-order valence-corrected chi connectivity index (χ4v) is 3.84. The molecular formula is C18H15ClF2N4O4S. The summed E-state index contributed by atoms with van der Waals surface area (Å²) >= 11 is 7.08. The molecule has 0 aliphatic carbocycles. The molecular weight excluding hydrogens is 442 g/mol. The Morgan fingerprint density at radius 3 is 2.73 bits per heavy atom. The first-order valence-electron chi connectivity index (χ1n) is 8.47. The first kappa shape index (κ1) is 21.7. The lowest BCUT2D eigenvalue weighted by atomic mass is 10.2. The highest BCUT2D eigenvalue weighted by Crippen LogP contribution is 2.29. The Bertz CT molecular complexity index is 1120. The van der Waals surface area contributed by atoms with Crippen molar-refractivity contribution in [2.75, 3.05) is 5.32 Å². The van der Waals surface area contributed by atoms with E-state index in [1.165, 1.54) is 34.2 Å². The van der Waals surface area contributed by atoms with E-state index in [2.05, 4.69) is 15.2 Å². The van der Waals surface area contributed by atoms with Crippen LogP contribution in [-0.4, -0.2) is 27.2 Å². The molecule has 2 heterocycles. The number of hydrogen-bond acceptors (Lipinski definition) is 6. The second kappa shape index (κ2) is 8.76. The molecule has 2 aromatic heterocycles. The number of ether oxygens (including phenoxy) is 1. The van der Waals surface area contributed by atoms with Crippen molar-refractivity contribution in [3.8, 4) is 5.75 Å². The quantitative estimate of drug-likeness (QED) is 0.397. The zero-order chi connectivity index (χ0) is 22.0. The van der Waals surface area contributed by atoms with Gasteiger partial charge in [-0.05, 0) is 49.1 Å². The number of nitrogens with one attached hydrogen (secondary N) is 1. The molecule has 0 aliphatic heterocycles. The smallest absolute Gasteiger partial charge is 0.387 e. The predicted octanol–water partition coefficient (Wildman–Crippen LogP) is 5.03. The molecule has 0 saturated heterocycles. The molecule has 8 nitrogen and oxygen atoms in total. The molecule has 1 N–H and O–H groups in total. The van der Waals surface area contributed by atoms with E-state index >= 15 is 0 Å². The van der Waals surface area contributed by atoms with Gasteiger partial charge in [0.2, 0.25) is 0 Å². The van der Waals surface area contributed by atoms with Crippen molar-refractivity contribution < 1.29 is 23.2 Å². The van der Waals surface area contributed by atoms with Crippen molar-refractivity contribution in [3.63, 3.8) is 0 Å². The van der Waals surface area contributed by atoms with E-state index in [9.17, 15) is 23.7 Å². The summed E-state index contributed by atoms with van der Waals surface area (Å²) in [5, 5.41) is 19.6. The summed E-state index contributed by atoms with van der Waals surface area (Å²) in [6.45, 7) is 0.451. The Morgan fingerprint density at radius 2 is 2.13 bits per heavy atom. The summed E-state index contributed by atoms with van der Waals surface area (Å²) in [6, 6.07) is 5.59. The van der Waals surface area contributed by atoms with Crippen LogP contribution in [0.25, 0.3) is 0 Å². The minimum Gasteiger partial charge on any atom is -0.433 e. The van der Waals surface area contributed by atoms with Crippen LogP contribution < -0.4 is 10.1 Å². The molecule has 0 spiro atoms. The van der Waals surface area contributed by atoms with Crippen LogP contribution >= 0.6 is 22.9 Å². The monoisotopic (exact) mass is 456 g/mol. The van der Waals surface area contributed by atoms with Gasteiger partial charge in [0.1, 0.15) is 17.1 Å². The van der Waals surface area contributed by atoms with Crippen molar-refractivity contribution >= 4 is 40.2 Å². The van der Waals surface area contributed by atoms with Crippen LogP contribution in [0.1, 0.15) is 26.6 Å². The Kier molecular flexibility index (Phi) is 6.32. The third-order valence-electron chi connectivity index (χ3n) is 4.14. The van der Waals surface area contributed by atoms with Crippen molar-refractivity contribution in [1.82, 2.24) is 9.78 Å². The second-order valence-corrected chi connectivity index (χ2v) is 7.55. The number of nitro groups is 1. The van der Waals surface area contributed by atoms with Gasteiger partial charge in [-0.1, -0.05) is 11.6 Å². The van der Waals surface area contributed by atoms with Gasteiger partial charge in [-0.15, -0.1) is 11.3 Å². The highest BCUT2D eigenvalue weighted by Gasteiger charge is 2.22. The zero-order valence-corrected chi connectivity index (χ0v) is 17.3. The lowest BCUT2D eigenvalue weighted by molar-refractivity contribution is -0.386. The molecule has 3 aromatic rings. The Balaban J connectivity index is 1.71. The number of carbonyl (C=O) groups is 1. The average molecular weight is 457 g/mol. The van der Waals surface area contributed by atoms with E-state index in [1.807, 2.05) is 0 Å². The number of hydrogen-bond donors (Lipinski definition) is 1. The van der Waals surface area contributed by atoms with E-state index in [-0.39, 0.29) is 23.0 Å². The summed E-state index contributed by atoms with van der Waals surface area (Å²) < 4.78 is 30.4. The van der Waals surface area contributed by atoms with Gasteiger partial charge in [0.05, 0.1) is 21.4 Å². The SMILES string of the molecule is Cc1nn(Cc2csc(C(=O)Nc3ccc(OC(F)F)c(Cl)c3)c2)c(C)c1[N+](=O)[O-]. The van der Waals surface area contributed by atoms with Crippen LogP contribution in [0.3, 0.4) is 0 Å². The van der Waals surface area contributed by atoms with E-state index in [1.54, 1.807) is 25.3 Å². The molecule has 0 unspecified atom stereocenters. The van der Waals surface area contributed by atoms with Crippen LogP contribution in [0, 0.1) is 24.0 Å². The van der Waals surface area contributed by atoms with Crippen LogP contribution in [0.2, 0.25) is 5.02 Å². The zero-order valence-electron chi connectivity index (χ0n) is 15.7. The number of halogens is 3. The maximum atomic E-state index is 12.5. The molecule has 0 atom stereocenters. The molecule has 12 heteroatoms. The van der Waals surface area contributed by atoms with E-state index in [4.69, 9.17) is 11.6 Å². The molecule has 3 rings (SSSR count). The molecule has 0 aliphatic rings. The second-order valence-electron chi connectivity index (χ2n) is 6.23. The van der Waals surface area contributed by atoms with Crippen LogP contribution in [-0.2, 0) is 6.54 Å². The number of alkyl halides is 2. The predicted molar refractivity (Wildman–Crippen MR) is 108 cm³/mol. The van der Waals surface area contributed by atoms with Gasteiger partial charge in [0.25, 0.3) is 5.91 Å². The van der Waals surface area contributed by atoms with E-state index in [0.717, 1.165) is 5.56 Å². The number of thiophene rings is 1. The molecule has 1 amide bonds. The first-order valence-corrected chi connectivity index (χ1v) is 9.73. The summed E-state index contributed by atoms with van der Waals surface area (Å²) in [5.74, 6) is -0.605. The molecule has 158 valence electrons. The average Bonchev–Trinajstić information content (AvgIpc) is 3.22. The van der Waals surface area contributed by atoms with Gasteiger partial charge < -0.3 is 10.1 Å². The van der Waals surface area contributed by atoms with Gasteiger partial charge in [-0.2, -0.15) is 13.9 Å². The van der Waals surface area contributed by atoms with Crippen LogP contribution in [0.15, 0.2) is 29.6 Å². The minimum atomic E-state index is -3.00. The standard InChI is InChI=1S/C18H15ClF2N4O4S/c1-9-16(25(27)28)10(2)24(23-9)7-11-5-15(30-8-11)17(26)22-12-3-4-14(13(19)6-12)29-18(20)21/h3-6,8,18H,7H2,1-2H3,(H,22,26). The normalized spacial score (nSPS) is 11.0. The summed E-state index contributed by atoms with van der Waals surface area (Å²) in [6.07, 6.45) is 0. The molecule has 0 radical (unpaired) electrons. The third kappa shape index (κ3) is 4.74. The van der Waals surface area contributed by atoms with Crippen molar-refractivity contribution in [3.05, 3.63) is 66.6 Å². The Morgan fingerprint density at radius 1 is 1.40 bits per heavy atom. The molecule has 0 bridgehead atoms. The number of benzene rings is 1. The van der Waals surface area contributed by atoms with Gasteiger partial charge in [-0.25, -0.2) is 0 Å². The lowest BCUT2D eigenvalue weighted by Crippen LogP contribution is -2.10. The number of carbonyl (C=O) groups excluding carboxylic acids is 1. The lowest BCUT2D eigenvalue weighted by Gasteiger charge is -2.09. The van der Waals surface area contributed by atoms with Gasteiger partial charge in [0, 0.05) is 5.69 Å². The fraction of sp³-hybridized carbons (Fsp3) is 0.222. The van der Waals surface area contributed by atoms with Crippen molar-refractivity contribution in [2.24, 2.45) is 0 Å². The maximum absolute atomic E-state index is 12.5. The number of nitrogens with zero attached hydrogens (tertiary/aromatic N) is 3.